The van der Waals surface area contributed by atoms with Gasteiger partial charge in [0.05, 0.1) is 19.2 Å². The number of hydroxylamine groups is 2. The maximum Gasteiger partial charge on any atom is 0.327 e. The van der Waals surface area contributed by atoms with Crippen molar-refractivity contribution in [1.29, 1.82) is 0 Å². The third kappa shape index (κ3) is 8.13. The zero-order valence-electron chi connectivity index (χ0n) is 28.5. The van der Waals surface area contributed by atoms with E-state index in [1.54, 1.807) is 40.9 Å². The van der Waals surface area contributed by atoms with E-state index in [1.165, 1.54) is 16.0 Å². The van der Waals surface area contributed by atoms with E-state index in [4.69, 9.17) is 23.8 Å². The zero-order valence-corrected chi connectivity index (χ0v) is 28.5. The summed E-state index contributed by atoms with van der Waals surface area (Å²) in [7, 11) is 3.34. The molecule has 49 heavy (non-hydrogen) atoms. The number of hydrogen-bond acceptors (Lipinski definition) is 12. The molecule has 3 aliphatic heterocycles. The third-order valence-corrected chi connectivity index (χ3v) is 9.01. The summed E-state index contributed by atoms with van der Waals surface area (Å²) < 4.78 is 22.7. The molecule has 3 amide bonds. The Morgan fingerprint density at radius 2 is 1.84 bits per heavy atom. The van der Waals surface area contributed by atoms with E-state index < -0.39 is 71.3 Å². The minimum atomic E-state index is -1.37. The van der Waals surface area contributed by atoms with Gasteiger partial charge in [-0.15, -0.1) is 0 Å². The fourth-order valence-corrected chi connectivity index (χ4v) is 6.71. The van der Waals surface area contributed by atoms with E-state index in [2.05, 4.69) is 10.6 Å². The van der Waals surface area contributed by atoms with E-state index in [0.29, 0.717) is 0 Å². The molecule has 268 valence electrons. The molecule has 15 nitrogen and oxygen atoms in total. The molecule has 1 aromatic rings. The Kier molecular flexibility index (Phi) is 11.1. The average molecular weight is 687 g/mol. The highest BCUT2D eigenvalue weighted by atomic mass is 16.8. The molecule has 7 atom stereocenters. The lowest BCUT2D eigenvalue weighted by Gasteiger charge is -2.48. The van der Waals surface area contributed by atoms with Crippen LogP contribution in [-0.2, 0) is 54.3 Å². The van der Waals surface area contributed by atoms with Gasteiger partial charge in [-0.3, -0.25) is 28.8 Å². The summed E-state index contributed by atoms with van der Waals surface area (Å²) in [4.78, 5) is 72.2. The van der Waals surface area contributed by atoms with Crippen LogP contribution >= 0.6 is 0 Å². The molecule has 3 N–H and O–H groups in total. The van der Waals surface area contributed by atoms with Crippen molar-refractivity contribution in [3.8, 4) is 0 Å². The molecule has 4 aliphatic rings. The normalized spacial score (nSPS) is 28.0. The Hall–Kier alpha value is -3.89. The topological polar surface area (TPSA) is 182 Å². The molecule has 4 fully saturated rings. The molecular weight excluding hydrogens is 640 g/mol. The maximum atomic E-state index is 14.1. The van der Waals surface area contributed by atoms with Crippen molar-refractivity contribution in [3.05, 3.63) is 41.5 Å². The molecule has 3 saturated heterocycles. The summed E-state index contributed by atoms with van der Waals surface area (Å²) in [5.41, 5.74) is -0.413. The fourth-order valence-electron chi connectivity index (χ4n) is 6.71. The van der Waals surface area contributed by atoms with Crippen molar-refractivity contribution in [2.75, 3.05) is 34.0 Å². The number of hydrogen-bond donors (Lipinski definition) is 3. The number of rotatable bonds is 13. The van der Waals surface area contributed by atoms with Gasteiger partial charge in [-0.1, -0.05) is 24.3 Å². The van der Waals surface area contributed by atoms with Crippen LogP contribution < -0.4 is 10.6 Å². The first-order valence-electron chi connectivity index (χ1n) is 16.5. The van der Waals surface area contributed by atoms with Crippen LogP contribution in [0.4, 0.5) is 0 Å². The Bertz CT molecular complexity index is 1440. The van der Waals surface area contributed by atoms with E-state index in [0.717, 1.165) is 11.1 Å². The first-order chi connectivity index (χ1) is 23.2. The van der Waals surface area contributed by atoms with Gasteiger partial charge in [0.15, 0.2) is 6.04 Å². The largest absolute Gasteiger partial charge is 0.460 e. The van der Waals surface area contributed by atoms with Crippen molar-refractivity contribution in [2.45, 2.75) is 95.1 Å². The van der Waals surface area contributed by atoms with Gasteiger partial charge in [0.1, 0.15) is 42.2 Å². The highest BCUT2D eigenvalue weighted by molar-refractivity contribution is 5.94. The second kappa shape index (κ2) is 14.9. The summed E-state index contributed by atoms with van der Waals surface area (Å²) in [6.45, 7) is 4.97. The van der Waals surface area contributed by atoms with Crippen LogP contribution in [0.3, 0.4) is 0 Å². The molecular formula is C34H46N4O11. The average Bonchev–Trinajstić information content (AvgIpc) is 3.66. The van der Waals surface area contributed by atoms with Crippen molar-refractivity contribution < 1.29 is 52.9 Å². The summed E-state index contributed by atoms with van der Waals surface area (Å²) in [6, 6.07) is 5.61. The van der Waals surface area contributed by atoms with Crippen molar-refractivity contribution >= 4 is 35.7 Å². The lowest BCUT2D eigenvalue weighted by atomic mass is 9.62. The van der Waals surface area contributed by atoms with Crippen LogP contribution in [-0.4, -0.2) is 121 Å². The minimum Gasteiger partial charge on any atom is -0.460 e. The Morgan fingerprint density at radius 1 is 1.12 bits per heavy atom. The van der Waals surface area contributed by atoms with Gasteiger partial charge < -0.3 is 39.6 Å². The second-order valence-electron chi connectivity index (χ2n) is 14.0. The van der Waals surface area contributed by atoms with E-state index in [-0.39, 0.29) is 58.1 Å². The Morgan fingerprint density at radius 3 is 2.51 bits per heavy atom. The number of nitrogens with one attached hydrogen (secondary N) is 2. The number of aliphatic hydroxyl groups is 1. The number of carbonyl (C=O) groups is 5. The standard InChI is InChI=1S/C34H46N4O11/c1-33(2,3)48-26(42)13-11-22(18-39)36-24(40)14-15-35-32(44)34-16-23-27-28(46-19-45-27)30(34)49-38(29(34)31(43)47-23)17-21-8-6-20(7-9-21)10-12-25(41)37(4)5/h6-10,12,22-23,27-30,39H,11,13-19H2,1-5H3,(H,35,44)(H,36,40)/t22-,23+,27-,28-,29-,30+,34-/m0/s1. The Balaban J connectivity index is 1.24. The van der Waals surface area contributed by atoms with Crippen LogP contribution in [0.25, 0.3) is 6.08 Å². The molecule has 0 aromatic heterocycles. The van der Waals surface area contributed by atoms with Gasteiger partial charge in [0, 0.05) is 46.0 Å². The SMILES string of the molecule is CN(C)C(=O)C=Cc1ccc(CN2O[C@@H]3[C@H]4OCO[C@H]4[C@H]4C[C@]3(C(=O)NCCC(=O)N[C@H](CO)CCC(=O)OC(C)(C)C)[C@@H]2C(=O)O4)cc1. The van der Waals surface area contributed by atoms with Crippen LogP contribution in [0.1, 0.15) is 57.6 Å². The lowest BCUT2D eigenvalue weighted by Crippen LogP contribution is -2.69. The minimum absolute atomic E-state index is 0.0193. The fraction of sp³-hybridized carbons (Fsp3) is 0.618. The molecule has 1 saturated carbocycles. The number of aliphatic hydroxyl groups excluding tert-OH is 1. The first-order valence-corrected chi connectivity index (χ1v) is 16.5. The smallest absolute Gasteiger partial charge is 0.327 e. The van der Waals surface area contributed by atoms with Gasteiger partial charge in [-0.25, -0.2) is 0 Å². The highest BCUT2D eigenvalue weighted by Crippen LogP contribution is 2.55. The molecule has 0 spiro atoms. The summed E-state index contributed by atoms with van der Waals surface area (Å²) in [5.74, 6) is -2.09. The summed E-state index contributed by atoms with van der Waals surface area (Å²) >= 11 is 0. The van der Waals surface area contributed by atoms with Gasteiger partial charge in [-0.2, -0.15) is 5.06 Å². The maximum absolute atomic E-state index is 14.1. The molecule has 1 aliphatic carbocycles. The van der Waals surface area contributed by atoms with Crippen LogP contribution in [0, 0.1) is 5.41 Å². The van der Waals surface area contributed by atoms with Crippen molar-refractivity contribution in [1.82, 2.24) is 20.6 Å². The Labute approximate surface area is 285 Å². The molecule has 5 rings (SSSR count). The number of likely N-dealkylation sites (N-methyl/N-ethyl adjacent to an activating group) is 1. The number of esters is 2. The molecule has 1 aromatic carbocycles. The third-order valence-electron chi connectivity index (χ3n) is 9.01. The highest BCUT2D eigenvalue weighted by Gasteiger charge is 2.74. The van der Waals surface area contributed by atoms with E-state index in [1.807, 2.05) is 24.3 Å². The molecule has 0 unspecified atom stereocenters. The number of ether oxygens (including phenoxy) is 4. The molecule has 0 radical (unpaired) electrons. The van der Waals surface area contributed by atoms with Crippen LogP contribution in [0.15, 0.2) is 30.3 Å². The zero-order chi connectivity index (χ0) is 35.5. The molecule has 2 bridgehead atoms. The van der Waals surface area contributed by atoms with Gasteiger partial charge >= 0.3 is 11.9 Å². The summed E-state index contributed by atoms with van der Waals surface area (Å²) in [5, 5.41) is 16.7. The summed E-state index contributed by atoms with van der Waals surface area (Å²) in [6.07, 6.45) is 0.611. The van der Waals surface area contributed by atoms with Gasteiger partial charge in [0.25, 0.3) is 0 Å². The predicted octanol–water partition coefficient (Wildman–Crippen LogP) is 0.435. The number of amides is 3. The van der Waals surface area contributed by atoms with Crippen molar-refractivity contribution in [3.63, 3.8) is 0 Å². The van der Waals surface area contributed by atoms with Crippen LogP contribution in [0.5, 0.6) is 0 Å². The number of fused-ring (bicyclic) bond motifs is 4. The molecule has 15 heteroatoms. The lowest BCUT2D eigenvalue weighted by molar-refractivity contribution is -0.201. The first kappa shape index (κ1) is 36.4. The monoisotopic (exact) mass is 686 g/mol. The van der Waals surface area contributed by atoms with Crippen LogP contribution in [0.2, 0.25) is 0 Å². The van der Waals surface area contributed by atoms with Crippen molar-refractivity contribution in [2.24, 2.45) is 5.41 Å². The van der Waals surface area contributed by atoms with E-state index >= 15 is 0 Å². The number of nitrogens with zero attached hydrogens (tertiary/aromatic N) is 2. The van der Waals surface area contributed by atoms with Gasteiger partial charge in [0.2, 0.25) is 17.7 Å². The quantitative estimate of drug-likeness (QED) is 0.193. The molecule has 3 heterocycles. The number of carbonyl (C=O) groups excluding carboxylic acids is 5. The number of benzene rings is 1. The predicted molar refractivity (Wildman–Crippen MR) is 172 cm³/mol. The second-order valence-corrected chi connectivity index (χ2v) is 14.0. The van der Waals surface area contributed by atoms with Gasteiger partial charge in [-0.05, 0) is 44.4 Å². The van der Waals surface area contributed by atoms with E-state index in [9.17, 15) is 29.1 Å².